The summed E-state index contributed by atoms with van der Waals surface area (Å²) in [5, 5.41) is 3.44. The lowest BCUT2D eigenvalue weighted by Crippen LogP contribution is -2.19. The molecule has 0 bridgehead atoms. The Kier molecular flexibility index (Phi) is 5.13. The van der Waals surface area contributed by atoms with Gasteiger partial charge in [0.05, 0.1) is 10.6 Å². The zero-order valence-electron chi connectivity index (χ0n) is 14.1. The van der Waals surface area contributed by atoms with Crippen LogP contribution in [0.2, 0.25) is 0 Å². The molecule has 2 heterocycles. The van der Waals surface area contributed by atoms with Crippen LogP contribution < -0.4 is 10.2 Å². The first-order chi connectivity index (χ1) is 12.7. The van der Waals surface area contributed by atoms with E-state index in [1.54, 1.807) is 0 Å². The molecule has 132 valence electrons. The van der Waals surface area contributed by atoms with Crippen molar-refractivity contribution in [2.45, 2.75) is 12.8 Å². The predicted octanol–water partition coefficient (Wildman–Crippen LogP) is 4.94. The molecule has 0 atom stereocenters. The molecule has 1 N–H and O–H groups in total. The number of carbonyl (C=O) groups excluding carboxylic acids is 1. The maximum atomic E-state index is 12.2. The molecule has 2 fully saturated rings. The first-order valence-electron chi connectivity index (χ1n) is 8.57. The number of nitrogens with zero attached hydrogens (tertiary/aromatic N) is 2. The van der Waals surface area contributed by atoms with Gasteiger partial charge in [0.15, 0.2) is 5.17 Å². The standard InChI is InChI=1S/C20H18BrN3OS/c21-15-5-7-16(8-6-15)22-20-23-19(25)18(26-20)13-14-3-9-17(10-4-14)24-11-1-2-12-24/h3-10,13H,1-2,11-12H2,(H,22,23,25)/b18-13-. The van der Waals surface area contributed by atoms with E-state index in [4.69, 9.17) is 0 Å². The molecule has 0 spiro atoms. The Morgan fingerprint density at radius 3 is 2.42 bits per heavy atom. The fourth-order valence-corrected chi connectivity index (χ4v) is 4.13. The van der Waals surface area contributed by atoms with E-state index in [-0.39, 0.29) is 5.91 Å². The Bertz CT molecular complexity index is 869. The zero-order chi connectivity index (χ0) is 17.9. The first-order valence-corrected chi connectivity index (χ1v) is 10.2. The highest BCUT2D eigenvalue weighted by Gasteiger charge is 2.23. The van der Waals surface area contributed by atoms with Gasteiger partial charge < -0.3 is 10.2 Å². The number of halogens is 1. The zero-order valence-corrected chi connectivity index (χ0v) is 16.5. The highest BCUT2D eigenvalue weighted by molar-refractivity contribution is 9.10. The van der Waals surface area contributed by atoms with E-state index in [0.29, 0.717) is 10.1 Å². The molecule has 1 amide bonds. The number of hydrogen-bond acceptors (Lipinski definition) is 4. The second-order valence-electron chi connectivity index (χ2n) is 6.24. The molecule has 2 aromatic carbocycles. The Hall–Kier alpha value is -2.05. The average molecular weight is 428 g/mol. The van der Waals surface area contributed by atoms with Crippen molar-refractivity contribution in [1.29, 1.82) is 0 Å². The molecule has 0 aromatic heterocycles. The molecule has 2 aromatic rings. The van der Waals surface area contributed by atoms with E-state index in [1.807, 2.05) is 30.3 Å². The third kappa shape index (κ3) is 4.02. The van der Waals surface area contributed by atoms with Crippen LogP contribution >= 0.6 is 27.7 Å². The van der Waals surface area contributed by atoms with Crippen LogP contribution in [0.1, 0.15) is 18.4 Å². The van der Waals surface area contributed by atoms with Crippen LogP contribution in [0.4, 0.5) is 11.4 Å². The van der Waals surface area contributed by atoms with Gasteiger partial charge in [-0.2, -0.15) is 0 Å². The Balaban J connectivity index is 1.48. The normalized spacial score (nSPS) is 20.2. The van der Waals surface area contributed by atoms with Gasteiger partial charge in [0.2, 0.25) is 0 Å². The van der Waals surface area contributed by atoms with Crippen molar-refractivity contribution < 1.29 is 4.79 Å². The van der Waals surface area contributed by atoms with Gasteiger partial charge in [0.25, 0.3) is 5.91 Å². The number of rotatable bonds is 3. The molecular formula is C20H18BrN3OS. The molecule has 0 saturated carbocycles. The van der Waals surface area contributed by atoms with Crippen LogP contribution in [-0.4, -0.2) is 24.2 Å². The predicted molar refractivity (Wildman–Crippen MR) is 113 cm³/mol. The fraction of sp³-hybridized carbons (Fsp3) is 0.200. The van der Waals surface area contributed by atoms with E-state index in [1.165, 1.54) is 30.3 Å². The van der Waals surface area contributed by atoms with Gasteiger partial charge in [0.1, 0.15) is 0 Å². The maximum absolute atomic E-state index is 12.2. The molecule has 0 aliphatic carbocycles. The molecule has 0 radical (unpaired) electrons. The lowest BCUT2D eigenvalue weighted by atomic mass is 10.2. The van der Waals surface area contributed by atoms with E-state index in [2.05, 4.69) is 55.4 Å². The van der Waals surface area contributed by atoms with Crippen LogP contribution in [0.15, 0.2) is 62.9 Å². The topological polar surface area (TPSA) is 44.7 Å². The van der Waals surface area contributed by atoms with E-state index >= 15 is 0 Å². The minimum absolute atomic E-state index is 0.102. The summed E-state index contributed by atoms with van der Waals surface area (Å²) in [5.41, 5.74) is 3.09. The van der Waals surface area contributed by atoms with Crippen molar-refractivity contribution in [2.75, 3.05) is 18.0 Å². The molecule has 4 nitrogen and oxygen atoms in total. The molecule has 6 heteroatoms. The van der Waals surface area contributed by atoms with Crippen LogP contribution in [0.3, 0.4) is 0 Å². The summed E-state index contributed by atoms with van der Waals surface area (Å²) < 4.78 is 1.00. The number of benzene rings is 2. The van der Waals surface area contributed by atoms with Crippen molar-refractivity contribution in [1.82, 2.24) is 5.32 Å². The van der Waals surface area contributed by atoms with Gasteiger partial charge in [-0.25, -0.2) is 4.99 Å². The molecule has 4 rings (SSSR count). The second kappa shape index (κ2) is 7.68. The Morgan fingerprint density at radius 1 is 1.04 bits per heavy atom. The first kappa shape index (κ1) is 17.4. The number of anilines is 1. The summed E-state index contributed by atoms with van der Waals surface area (Å²) in [6.45, 7) is 2.27. The van der Waals surface area contributed by atoms with Crippen molar-refractivity contribution in [2.24, 2.45) is 4.99 Å². The van der Waals surface area contributed by atoms with Gasteiger partial charge in [-0.15, -0.1) is 0 Å². The van der Waals surface area contributed by atoms with Crippen LogP contribution in [0.5, 0.6) is 0 Å². The SMILES string of the molecule is O=C1NC(=Nc2ccc(Br)cc2)S/C1=C\c1ccc(N2CCCC2)cc1. The van der Waals surface area contributed by atoms with Crippen LogP contribution in [-0.2, 0) is 4.79 Å². The van der Waals surface area contributed by atoms with Crippen molar-refractivity contribution in [3.8, 4) is 0 Å². The van der Waals surface area contributed by atoms with Gasteiger partial charge in [-0.1, -0.05) is 28.1 Å². The summed E-state index contributed by atoms with van der Waals surface area (Å²) in [6.07, 6.45) is 4.45. The summed E-state index contributed by atoms with van der Waals surface area (Å²) in [5.74, 6) is -0.102. The van der Waals surface area contributed by atoms with Gasteiger partial charge in [-0.3, -0.25) is 4.79 Å². The minimum Gasteiger partial charge on any atom is -0.372 e. The third-order valence-electron chi connectivity index (χ3n) is 4.37. The smallest absolute Gasteiger partial charge is 0.264 e. The minimum atomic E-state index is -0.102. The van der Waals surface area contributed by atoms with Gasteiger partial charge in [0, 0.05) is 23.2 Å². The Labute approximate surface area is 165 Å². The van der Waals surface area contributed by atoms with Crippen molar-refractivity contribution in [3.05, 3.63) is 63.5 Å². The molecule has 2 aliphatic heterocycles. The lowest BCUT2D eigenvalue weighted by molar-refractivity contribution is -0.115. The molecule has 2 saturated heterocycles. The molecule has 26 heavy (non-hydrogen) atoms. The van der Waals surface area contributed by atoms with Crippen molar-refractivity contribution >= 4 is 56.2 Å². The van der Waals surface area contributed by atoms with Gasteiger partial charge in [-0.05, 0) is 72.6 Å². The highest BCUT2D eigenvalue weighted by atomic mass is 79.9. The number of aliphatic imine (C=N–C) groups is 1. The number of hydrogen-bond donors (Lipinski definition) is 1. The maximum Gasteiger partial charge on any atom is 0.264 e. The average Bonchev–Trinajstić information content (AvgIpc) is 3.28. The summed E-state index contributed by atoms with van der Waals surface area (Å²) in [6, 6.07) is 16.1. The number of nitrogens with one attached hydrogen (secondary N) is 1. The van der Waals surface area contributed by atoms with Crippen molar-refractivity contribution in [3.63, 3.8) is 0 Å². The summed E-state index contributed by atoms with van der Waals surface area (Å²) in [7, 11) is 0. The monoisotopic (exact) mass is 427 g/mol. The number of amides is 1. The number of amidine groups is 1. The largest absolute Gasteiger partial charge is 0.372 e. The molecule has 2 aliphatic rings. The summed E-state index contributed by atoms with van der Waals surface area (Å²) >= 11 is 4.78. The lowest BCUT2D eigenvalue weighted by Gasteiger charge is -2.17. The number of thioether (sulfide) groups is 1. The van der Waals surface area contributed by atoms with Crippen LogP contribution in [0, 0.1) is 0 Å². The van der Waals surface area contributed by atoms with E-state index in [9.17, 15) is 4.79 Å². The fourth-order valence-electron chi connectivity index (χ4n) is 3.02. The molecule has 0 unspecified atom stereocenters. The second-order valence-corrected chi connectivity index (χ2v) is 8.19. The summed E-state index contributed by atoms with van der Waals surface area (Å²) in [4.78, 5) is 19.8. The van der Waals surface area contributed by atoms with E-state index < -0.39 is 0 Å². The highest BCUT2D eigenvalue weighted by Crippen LogP contribution is 2.29. The molecular weight excluding hydrogens is 410 g/mol. The van der Waals surface area contributed by atoms with Gasteiger partial charge >= 0.3 is 0 Å². The van der Waals surface area contributed by atoms with Crippen LogP contribution in [0.25, 0.3) is 6.08 Å². The quantitative estimate of drug-likeness (QED) is 0.705. The Morgan fingerprint density at radius 2 is 1.73 bits per heavy atom. The van der Waals surface area contributed by atoms with E-state index in [0.717, 1.165) is 28.8 Å². The third-order valence-corrected chi connectivity index (χ3v) is 5.81. The number of carbonyl (C=O) groups is 1.